The van der Waals surface area contributed by atoms with E-state index in [2.05, 4.69) is 31.7 Å². The van der Waals surface area contributed by atoms with E-state index >= 15 is 0 Å². The summed E-state index contributed by atoms with van der Waals surface area (Å²) in [4.78, 5) is 11.8. The van der Waals surface area contributed by atoms with Gasteiger partial charge in [-0.3, -0.25) is 4.68 Å². The van der Waals surface area contributed by atoms with Crippen molar-refractivity contribution in [1.82, 2.24) is 15.1 Å². The molecule has 7 heteroatoms. The van der Waals surface area contributed by atoms with Crippen LogP contribution in [0, 0.1) is 13.8 Å². The minimum absolute atomic E-state index is 0.266. The van der Waals surface area contributed by atoms with Crippen molar-refractivity contribution in [2.45, 2.75) is 20.4 Å². The number of aryl methyl sites for hydroxylation is 1. The Hall–Kier alpha value is -1.53. The molecule has 1 heterocycles. The fourth-order valence-corrected chi connectivity index (χ4v) is 2.38. The molecule has 2 aromatic rings. The highest BCUT2D eigenvalue weighted by atomic mass is 79.9. The van der Waals surface area contributed by atoms with Gasteiger partial charge in [-0.15, -0.1) is 0 Å². The fourth-order valence-electron chi connectivity index (χ4n) is 1.91. The number of carbonyl (C=O) groups is 1. The molecular weight excluding hydrogens is 356 g/mol. The molecule has 0 unspecified atom stereocenters. The Morgan fingerprint density at radius 3 is 2.81 bits per heavy atom. The average Bonchev–Trinajstić information content (AvgIpc) is 2.66. The zero-order valence-corrected chi connectivity index (χ0v) is 14.1. The molecule has 0 spiro atoms. The number of aromatic nitrogens is 2. The maximum absolute atomic E-state index is 11.8. The van der Waals surface area contributed by atoms with Crippen molar-refractivity contribution in [3.63, 3.8) is 0 Å². The van der Waals surface area contributed by atoms with Gasteiger partial charge >= 0.3 is 6.03 Å². The Morgan fingerprint density at radius 1 is 1.43 bits per heavy atom. The molecule has 0 saturated heterocycles. The van der Waals surface area contributed by atoms with Crippen LogP contribution < -0.4 is 10.6 Å². The molecule has 2 amide bonds. The Labute approximate surface area is 136 Å². The SMILES string of the molecule is Cc1nn(CCNC(=O)Nc2cccc(Cl)c2)c(C)c1Br. The standard InChI is InChI=1S/C14H16BrClN4O/c1-9-13(15)10(2)20(19-9)7-6-17-14(21)18-12-5-3-4-11(16)8-12/h3-5,8H,6-7H2,1-2H3,(H2,17,18,21). The molecule has 21 heavy (non-hydrogen) atoms. The van der Waals surface area contributed by atoms with Gasteiger partial charge in [0.25, 0.3) is 0 Å². The molecule has 0 radical (unpaired) electrons. The predicted octanol–water partition coefficient (Wildman–Crippen LogP) is 3.74. The van der Waals surface area contributed by atoms with E-state index in [1.54, 1.807) is 24.3 Å². The Bertz CT molecular complexity index is 656. The first-order chi connectivity index (χ1) is 9.97. The first-order valence-electron chi connectivity index (χ1n) is 6.47. The second-order valence-electron chi connectivity index (χ2n) is 4.60. The molecule has 0 fully saturated rings. The number of carbonyl (C=O) groups excluding carboxylic acids is 1. The Kier molecular flexibility index (Phi) is 5.25. The van der Waals surface area contributed by atoms with Crippen LogP contribution in [-0.4, -0.2) is 22.4 Å². The predicted molar refractivity (Wildman–Crippen MR) is 87.9 cm³/mol. The lowest BCUT2D eigenvalue weighted by atomic mass is 10.3. The van der Waals surface area contributed by atoms with Gasteiger partial charge in [-0.05, 0) is 48.0 Å². The van der Waals surface area contributed by atoms with E-state index in [9.17, 15) is 4.79 Å². The number of hydrogen-bond acceptors (Lipinski definition) is 2. The van der Waals surface area contributed by atoms with E-state index in [4.69, 9.17) is 11.6 Å². The van der Waals surface area contributed by atoms with E-state index < -0.39 is 0 Å². The van der Waals surface area contributed by atoms with Crippen LogP contribution in [0.15, 0.2) is 28.7 Å². The van der Waals surface area contributed by atoms with Gasteiger partial charge in [0.05, 0.1) is 16.7 Å². The Balaban J connectivity index is 1.83. The van der Waals surface area contributed by atoms with E-state index in [-0.39, 0.29) is 6.03 Å². The molecule has 1 aromatic carbocycles. The second kappa shape index (κ2) is 6.95. The smallest absolute Gasteiger partial charge is 0.319 e. The molecule has 112 valence electrons. The van der Waals surface area contributed by atoms with Crippen LogP contribution in [-0.2, 0) is 6.54 Å². The van der Waals surface area contributed by atoms with Crippen molar-refractivity contribution in [1.29, 1.82) is 0 Å². The number of amides is 2. The van der Waals surface area contributed by atoms with Crippen LogP contribution >= 0.6 is 27.5 Å². The number of urea groups is 1. The van der Waals surface area contributed by atoms with E-state index in [1.165, 1.54) is 0 Å². The second-order valence-corrected chi connectivity index (χ2v) is 5.83. The summed E-state index contributed by atoms with van der Waals surface area (Å²) in [6.07, 6.45) is 0. The summed E-state index contributed by atoms with van der Waals surface area (Å²) in [6.45, 7) is 5.02. The molecule has 0 atom stereocenters. The summed E-state index contributed by atoms with van der Waals surface area (Å²) in [6, 6.07) is 6.75. The monoisotopic (exact) mass is 370 g/mol. The van der Waals surface area contributed by atoms with Crippen molar-refractivity contribution in [2.75, 3.05) is 11.9 Å². The van der Waals surface area contributed by atoms with Crippen LogP contribution in [0.25, 0.3) is 0 Å². The minimum atomic E-state index is -0.266. The molecule has 2 N–H and O–H groups in total. The summed E-state index contributed by atoms with van der Waals surface area (Å²) in [5.74, 6) is 0. The molecule has 5 nitrogen and oxygen atoms in total. The van der Waals surface area contributed by atoms with E-state index in [0.29, 0.717) is 23.8 Å². The molecular formula is C14H16BrClN4O. The van der Waals surface area contributed by atoms with Crippen molar-refractivity contribution < 1.29 is 4.79 Å². The van der Waals surface area contributed by atoms with Crippen molar-refractivity contribution in [3.8, 4) is 0 Å². The van der Waals surface area contributed by atoms with Crippen molar-refractivity contribution in [2.24, 2.45) is 0 Å². The topological polar surface area (TPSA) is 59.0 Å². The van der Waals surface area contributed by atoms with Crippen LogP contribution in [0.4, 0.5) is 10.5 Å². The van der Waals surface area contributed by atoms with Crippen LogP contribution in [0.3, 0.4) is 0 Å². The summed E-state index contributed by atoms with van der Waals surface area (Å²) in [5, 5.41) is 10.5. The molecule has 2 rings (SSSR count). The number of benzene rings is 1. The summed E-state index contributed by atoms with van der Waals surface area (Å²) in [5.41, 5.74) is 2.65. The van der Waals surface area contributed by atoms with Crippen LogP contribution in [0.2, 0.25) is 5.02 Å². The number of halogens is 2. The molecule has 1 aromatic heterocycles. The zero-order valence-electron chi connectivity index (χ0n) is 11.8. The lowest BCUT2D eigenvalue weighted by Crippen LogP contribution is -2.31. The van der Waals surface area contributed by atoms with Gasteiger partial charge in [0.15, 0.2) is 0 Å². The minimum Gasteiger partial charge on any atom is -0.336 e. The number of anilines is 1. The zero-order chi connectivity index (χ0) is 15.4. The highest BCUT2D eigenvalue weighted by molar-refractivity contribution is 9.10. The molecule has 0 aliphatic rings. The maximum atomic E-state index is 11.8. The lowest BCUT2D eigenvalue weighted by Gasteiger charge is -2.09. The Morgan fingerprint density at radius 2 is 2.19 bits per heavy atom. The third-order valence-electron chi connectivity index (χ3n) is 2.98. The third-order valence-corrected chi connectivity index (χ3v) is 4.37. The van der Waals surface area contributed by atoms with Crippen LogP contribution in [0.5, 0.6) is 0 Å². The molecule has 0 bridgehead atoms. The van der Waals surface area contributed by atoms with Gasteiger partial charge in [0.2, 0.25) is 0 Å². The number of rotatable bonds is 4. The van der Waals surface area contributed by atoms with E-state index in [1.807, 2.05) is 18.5 Å². The quantitative estimate of drug-likeness (QED) is 0.860. The third kappa shape index (κ3) is 4.22. The molecule has 0 aliphatic carbocycles. The highest BCUT2D eigenvalue weighted by Gasteiger charge is 2.08. The normalized spacial score (nSPS) is 10.5. The number of nitrogens with zero attached hydrogens (tertiary/aromatic N) is 2. The molecule has 0 saturated carbocycles. The highest BCUT2D eigenvalue weighted by Crippen LogP contribution is 2.19. The largest absolute Gasteiger partial charge is 0.336 e. The summed E-state index contributed by atoms with van der Waals surface area (Å²) < 4.78 is 2.87. The van der Waals surface area contributed by atoms with Crippen LogP contribution in [0.1, 0.15) is 11.4 Å². The fraction of sp³-hybridized carbons (Fsp3) is 0.286. The average molecular weight is 372 g/mol. The van der Waals surface area contributed by atoms with Crippen molar-refractivity contribution >= 4 is 39.2 Å². The number of hydrogen-bond donors (Lipinski definition) is 2. The number of nitrogens with one attached hydrogen (secondary N) is 2. The maximum Gasteiger partial charge on any atom is 0.319 e. The first-order valence-corrected chi connectivity index (χ1v) is 7.64. The summed E-state index contributed by atoms with van der Waals surface area (Å²) >= 11 is 9.34. The first kappa shape index (κ1) is 15.9. The van der Waals surface area contributed by atoms with Gasteiger partial charge in [-0.25, -0.2) is 4.79 Å². The summed E-state index contributed by atoms with van der Waals surface area (Å²) in [7, 11) is 0. The van der Waals surface area contributed by atoms with E-state index in [0.717, 1.165) is 15.9 Å². The van der Waals surface area contributed by atoms with Crippen molar-refractivity contribution in [3.05, 3.63) is 45.1 Å². The van der Waals surface area contributed by atoms with Gasteiger partial charge in [-0.2, -0.15) is 5.10 Å². The van der Waals surface area contributed by atoms with Gasteiger partial charge < -0.3 is 10.6 Å². The molecule has 0 aliphatic heterocycles. The van der Waals surface area contributed by atoms with Gasteiger partial charge in [0.1, 0.15) is 0 Å². The van der Waals surface area contributed by atoms with Gasteiger partial charge in [-0.1, -0.05) is 17.7 Å². The lowest BCUT2D eigenvalue weighted by molar-refractivity contribution is 0.251. The van der Waals surface area contributed by atoms with Gasteiger partial charge in [0, 0.05) is 22.9 Å².